The molecule has 0 atom stereocenters. The number of carbonyl (C=O) groups excluding carboxylic acids is 2. The van der Waals surface area contributed by atoms with Crippen LogP contribution in [0.2, 0.25) is 5.02 Å². The summed E-state index contributed by atoms with van der Waals surface area (Å²) in [7, 11) is 0. The molecule has 0 N–H and O–H groups in total. The lowest BCUT2D eigenvalue weighted by Gasteiger charge is -2.37. The van der Waals surface area contributed by atoms with Crippen molar-refractivity contribution in [3.8, 4) is 0 Å². The first-order chi connectivity index (χ1) is 15.5. The van der Waals surface area contributed by atoms with Gasteiger partial charge in [0.1, 0.15) is 5.82 Å². The molecule has 0 unspecified atom stereocenters. The van der Waals surface area contributed by atoms with Crippen LogP contribution in [0, 0.1) is 5.82 Å². The summed E-state index contributed by atoms with van der Waals surface area (Å²) in [6.45, 7) is 6.43. The molecule has 32 heavy (non-hydrogen) atoms. The Balaban J connectivity index is 1.17. The number of hydrogen-bond donors (Lipinski definition) is 0. The van der Waals surface area contributed by atoms with Gasteiger partial charge in [0, 0.05) is 81.6 Å². The molecule has 4 rings (SSSR count). The van der Waals surface area contributed by atoms with Gasteiger partial charge in [-0.3, -0.25) is 14.5 Å². The molecule has 2 aromatic carbocycles. The average molecular weight is 459 g/mol. The molecule has 2 aliphatic heterocycles. The number of halogens is 2. The van der Waals surface area contributed by atoms with Crippen molar-refractivity contribution in [3.05, 3.63) is 64.9 Å². The second-order valence-corrected chi connectivity index (χ2v) is 8.67. The highest BCUT2D eigenvalue weighted by Gasteiger charge is 2.25. The Morgan fingerprint density at radius 1 is 0.781 bits per heavy atom. The van der Waals surface area contributed by atoms with Gasteiger partial charge in [-0.1, -0.05) is 11.6 Å². The molecule has 0 spiro atoms. The van der Waals surface area contributed by atoms with E-state index in [2.05, 4.69) is 9.80 Å². The molecule has 2 heterocycles. The smallest absolute Gasteiger partial charge is 0.253 e. The molecule has 170 valence electrons. The van der Waals surface area contributed by atoms with Crippen molar-refractivity contribution in [1.29, 1.82) is 0 Å². The van der Waals surface area contributed by atoms with Gasteiger partial charge >= 0.3 is 0 Å². The maximum Gasteiger partial charge on any atom is 0.253 e. The minimum atomic E-state index is -0.238. The van der Waals surface area contributed by atoms with Gasteiger partial charge in [-0.05, 0) is 48.5 Å². The Kier molecular flexibility index (Phi) is 7.27. The second-order valence-electron chi connectivity index (χ2n) is 8.23. The summed E-state index contributed by atoms with van der Waals surface area (Å²) in [5.74, 6) is -0.0439. The molecule has 2 aromatic rings. The molecular formula is C24H28ClFN4O2. The largest absolute Gasteiger partial charge is 0.368 e. The first kappa shape index (κ1) is 22.6. The molecule has 2 fully saturated rings. The van der Waals surface area contributed by atoms with Crippen molar-refractivity contribution in [3.63, 3.8) is 0 Å². The minimum Gasteiger partial charge on any atom is -0.368 e. The van der Waals surface area contributed by atoms with Gasteiger partial charge in [-0.25, -0.2) is 4.39 Å². The second kappa shape index (κ2) is 10.3. The van der Waals surface area contributed by atoms with Crippen molar-refractivity contribution >= 4 is 29.1 Å². The first-order valence-electron chi connectivity index (χ1n) is 11.0. The molecule has 2 saturated heterocycles. The van der Waals surface area contributed by atoms with E-state index in [1.54, 1.807) is 36.4 Å². The molecule has 0 saturated carbocycles. The van der Waals surface area contributed by atoms with Crippen LogP contribution in [-0.4, -0.2) is 85.4 Å². The number of piperazine rings is 2. The predicted molar refractivity (Wildman–Crippen MR) is 124 cm³/mol. The molecule has 0 aliphatic carbocycles. The number of nitrogens with zero attached hydrogens (tertiary/aromatic N) is 4. The third kappa shape index (κ3) is 5.58. The summed E-state index contributed by atoms with van der Waals surface area (Å²) in [6, 6.07) is 13.5. The van der Waals surface area contributed by atoms with E-state index in [9.17, 15) is 14.0 Å². The normalized spacial score (nSPS) is 17.5. The molecule has 8 heteroatoms. The first-order valence-corrected chi connectivity index (χ1v) is 11.4. The van der Waals surface area contributed by atoms with Gasteiger partial charge in [-0.2, -0.15) is 0 Å². The van der Waals surface area contributed by atoms with Crippen LogP contribution in [0.4, 0.5) is 10.1 Å². The van der Waals surface area contributed by atoms with Crippen LogP contribution in [0.25, 0.3) is 0 Å². The van der Waals surface area contributed by atoms with E-state index in [1.807, 2.05) is 9.80 Å². The third-order valence-corrected chi connectivity index (χ3v) is 6.47. The van der Waals surface area contributed by atoms with Gasteiger partial charge < -0.3 is 14.7 Å². The summed E-state index contributed by atoms with van der Waals surface area (Å²) >= 11 is 5.90. The Morgan fingerprint density at radius 2 is 1.38 bits per heavy atom. The fourth-order valence-corrected chi connectivity index (χ4v) is 4.35. The van der Waals surface area contributed by atoms with Crippen LogP contribution in [-0.2, 0) is 4.79 Å². The molecule has 2 amide bonds. The third-order valence-electron chi connectivity index (χ3n) is 6.22. The number of anilines is 1. The maximum atomic E-state index is 13.1. The lowest BCUT2D eigenvalue weighted by Crippen LogP contribution is -2.51. The Labute approximate surface area is 193 Å². The van der Waals surface area contributed by atoms with Crippen molar-refractivity contribution in [2.24, 2.45) is 0 Å². The van der Waals surface area contributed by atoms with Crippen LogP contribution >= 0.6 is 11.6 Å². The molecular weight excluding hydrogens is 431 g/mol. The highest BCUT2D eigenvalue weighted by atomic mass is 35.5. The van der Waals surface area contributed by atoms with Crippen LogP contribution in [0.3, 0.4) is 0 Å². The van der Waals surface area contributed by atoms with Crippen LogP contribution < -0.4 is 4.90 Å². The number of hydrogen-bond acceptors (Lipinski definition) is 4. The SMILES string of the molecule is O=C(CCN1CCN(C(=O)c2ccc(Cl)cc2)CC1)N1CCN(c2ccc(F)cc2)CC1. The monoisotopic (exact) mass is 458 g/mol. The van der Waals surface area contributed by atoms with Gasteiger partial charge in [0.15, 0.2) is 0 Å². The summed E-state index contributed by atoms with van der Waals surface area (Å²) in [6.07, 6.45) is 0.488. The standard InChI is InChI=1S/C24H28ClFN4O2/c25-20-3-1-19(2-4-20)24(32)30-13-11-27(12-14-30)10-9-23(31)29-17-15-28(16-18-29)22-7-5-21(26)6-8-22/h1-8H,9-18H2. The molecule has 6 nitrogen and oxygen atoms in total. The zero-order chi connectivity index (χ0) is 22.5. The maximum absolute atomic E-state index is 13.1. The molecule has 0 aromatic heterocycles. The van der Waals surface area contributed by atoms with Crippen LogP contribution in [0.5, 0.6) is 0 Å². The zero-order valence-corrected chi connectivity index (χ0v) is 18.8. The number of rotatable bonds is 5. The van der Waals surface area contributed by atoms with Crippen molar-refractivity contribution < 1.29 is 14.0 Å². The number of benzene rings is 2. The van der Waals surface area contributed by atoms with E-state index in [0.717, 1.165) is 31.9 Å². The quantitative estimate of drug-likeness (QED) is 0.691. The predicted octanol–water partition coefficient (Wildman–Crippen LogP) is 2.98. The lowest BCUT2D eigenvalue weighted by atomic mass is 10.1. The highest BCUT2D eigenvalue weighted by molar-refractivity contribution is 6.30. The molecule has 2 aliphatic rings. The highest BCUT2D eigenvalue weighted by Crippen LogP contribution is 2.18. The van der Waals surface area contributed by atoms with Gasteiger partial charge in [0.25, 0.3) is 5.91 Å². The van der Waals surface area contributed by atoms with Crippen molar-refractivity contribution in [2.45, 2.75) is 6.42 Å². The Hall–Kier alpha value is -2.64. The number of amides is 2. The van der Waals surface area contributed by atoms with E-state index in [1.165, 1.54) is 12.1 Å². The molecule has 0 bridgehead atoms. The van der Waals surface area contributed by atoms with Crippen LogP contribution in [0.1, 0.15) is 16.8 Å². The van der Waals surface area contributed by atoms with Gasteiger partial charge in [-0.15, -0.1) is 0 Å². The Morgan fingerprint density at radius 3 is 2.00 bits per heavy atom. The zero-order valence-electron chi connectivity index (χ0n) is 18.1. The van der Waals surface area contributed by atoms with Crippen molar-refractivity contribution in [2.75, 3.05) is 63.8 Å². The van der Waals surface area contributed by atoms with Crippen molar-refractivity contribution in [1.82, 2.24) is 14.7 Å². The Bertz CT molecular complexity index is 922. The van der Waals surface area contributed by atoms with Crippen LogP contribution in [0.15, 0.2) is 48.5 Å². The molecule has 0 radical (unpaired) electrons. The fourth-order valence-electron chi connectivity index (χ4n) is 4.23. The van der Waals surface area contributed by atoms with E-state index in [0.29, 0.717) is 49.7 Å². The average Bonchev–Trinajstić information content (AvgIpc) is 2.83. The number of carbonyl (C=O) groups is 2. The van der Waals surface area contributed by atoms with E-state index < -0.39 is 0 Å². The topological polar surface area (TPSA) is 47.1 Å². The lowest BCUT2D eigenvalue weighted by molar-refractivity contribution is -0.131. The minimum absolute atomic E-state index is 0.0245. The summed E-state index contributed by atoms with van der Waals surface area (Å²) in [5, 5.41) is 0.618. The van der Waals surface area contributed by atoms with E-state index in [4.69, 9.17) is 11.6 Å². The summed E-state index contributed by atoms with van der Waals surface area (Å²) < 4.78 is 13.1. The fraction of sp³-hybridized carbons (Fsp3) is 0.417. The van der Waals surface area contributed by atoms with Gasteiger partial charge in [0.05, 0.1) is 0 Å². The summed E-state index contributed by atoms with van der Waals surface area (Å²) in [4.78, 5) is 33.5. The summed E-state index contributed by atoms with van der Waals surface area (Å²) in [5.41, 5.74) is 1.64. The van der Waals surface area contributed by atoms with E-state index >= 15 is 0 Å². The van der Waals surface area contributed by atoms with E-state index in [-0.39, 0.29) is 17.6 Å². The van der Waals surface area contributed by atoms with Gasteiger partial charge in [0.2, 0.25) is 5.91 Å².